The smallest absolute Gasteiger partial charge is 0.268 e. The van der Waals surface area contributed by atoms with Crippen molar-refractivity contribution in [2.45, 2.75) is 30.8 Å². The molecule has 0 saturated carbocycles. The number of β-amino-alcohol motifs (C(OH)–C–C–N with tert-alkyl or cyclic N) is 2. The first-order valence-corrected chi connectivity index (χ1v) is 10.7. The standard InChI is InChI=1S/C23H24ClN3O5/c24-15-6-7-16-14(9-15)10-18(25-16)22(31)26-17(8-13-4-2-1-3-5-13)21(30)23(32)27-11-19(28)20(29)12-27/h1-7,9-10,17,19-21,25,28-30H,8,11-12H2,(H,26,31)/t17?,19-,20+,21?. The monoisotopic (exact) mass is 457 g/mol. The first kappa shape index (κ1) is 22.3. The van der Waals surface area contributed by atoms with Crippen LogP contribution in [0.25, 0.3) is 10.9 Å². The Morgan fingerprint density at radius 2 is 1.78 bits per heavy atom. The number of nitrogens with zero attached hydrogens (tertiary/aromatic N) is 1. The molecule has 1 saturated heterocycles. The van der Waals surface area contributed by atoms with Gasteiger partial charge in [-0.2, -0.15) is 0 Å². The Morgan fingerprint density at radius 1 is 1.09 bits per heavy atom. The van der Waals surface area contributed by atoms with Gasteiger partial charge >= 0.3 is 0 Å². The van der Waals surface area contributed by atoms with Crippen molar-refractivity contribution in [3.63, 3.8) is 0 Å². The highest BCUT2D eigenvalue weighted by Gasteiger charge is 2.38. The van der Waals surface area contributed by atoms with Gasteiger partial charge < -0.3 is 30.5 Å². The van der Waals surface area contributed by atoms with Crippen LogP contribution in [-0.4, -0.2) is 74.5 Å². The maximum absolute atomic E-state index is 13.0. The highest BCUT2D eigenvalue weighted by Crippen LogP contribution is 2.21. The van der Waals surface area contributed by atoms with Gasteiger partial charge in [0.25, 0.3) is 11.8 Å². The van der Waals surface area contributed by atoms with Gasteiger partial charge in [0.1, 0.15) is 5.69 Å². The Morgan fingerprint density at radius 3 is 2.47 bits per heavy atom. The minimum absolute atomic E-state index is 0.0775. The fourth-order valence-corrected chi connectivity index (χ4v) is 4.07. The largest absolute Gasteiger partial charge is 0.388 e. The molecular weight excluding hydrogens is 434 g/mol. The lowest BCUT2D eigenvalue weighted by atomic mass is 10.00. The summed E-state index contributed by atoms with van der Waals surface area (Å²) >= 11 is 6.02. The van der Waals surface area contributed by atoms with Crippen LogP contribution in [-0.2, 0) is 11.2 Å². The molecule has 4 rings (SSSR count). The lowest BCUT2D eigenvalue weighted by molar-refractivity contribution is -0.141. The predicted octanol–water partition coefficient (Wildman–Crippen LogP) is 1.09. The molecule has 4 atom stereocenters. The fourth-order valence-electron chi connectivity index (χ4n) is 3.89. The predicted molar refractivity (Wildman–Crippen MR) is 119 cm³/mol. The molecule has 2 heterocycles. The molecule has 9 heteroatoms. The molecular formula is C23H24ClN3O5. The van der Waals surface area contributed by atoms with Crippen molar-refractivity contribution in [2.24, 2.45) is 0 Å². The molecule has 1 aliphatic rings. The molecule has 3 aromatic rings. The fraction of sp³-hybridized carbons (Fsp3) is 0.304. The summed E-state index contributed by atoms with van der Waals surface area (Å²) in [4.78, 5) is 30.0. The summed E-state index contributed by atoms with van der Waals surface area (Å²) in [5.41, 5.74) is 1.83. The van der Waals surface area contributed by atoms with Crippen LogP contribution in [0.3, 0.4) is 0 Å². The zero-order chi connectivity index (χ0) is 22.8. The van der Waals surface area contributed by atoms with Gasteiger partial charge in [-0.15, -0.1) is 0 Å². The summed E-state index contributed by atoms with van der Waals surface area (Å²) in [6.45, 7) is -0.155. The van der Waals surface area contributed by atoms with Crippen LogP contribution >= 0.6 is 11.6 Å². The van der Waals surface area contributed by atoms with E-state index in [1.807, 2.05) is 30.3 Å². The molecule has 1 aromatic heterocycles. The van der Waals surface area contributed by atoms with E-state index in [4.69, 9.17) is 11.6 Å². The number of carbonyl (C=O) groups excluding carboxylic acids is 2. The van der Waals surface area contributed by atoms with Gasteiger partial charge in [-0.25, -0.2) is 0 Å². The number of nitrogens with one attached hydrogen (secondary N) is 2. The first-order chi connectivity index (χ1) is 15.3. The third-order valence-electron chi connectivity index (χ3n) is 5.65. The average Bonchev–Trinajstić information content (AvgIpc) is 3.35. The van der Waals surface area contributed by atoms with Crippen LogP contribution in [0.2, 0.25) is 5.02 Å². The van der Waals surface area contributed by atoms with Crippen LogP contribution in [0.15, 0.2) is 54.6 Å². The molecule has 1 aliphatic heterocycles. The molecule has 0 radical (unpaired) electrons. The zero-order valence-electron chi connectivity index (χ0n) is 17.1. The third kappa shape index (κ3) is 4.78. The molecule has 0 bridgehead atoms. The highest BCUT2D eigenvalue weighted by molar-refractivity contribution is 6.31. The number of aromatic amines is 1. The van der Waals surface area contributed by atoms with E-state index in [9.17, 15) is 24.9 Å². The Balaban J connectivity index is 1.55. The molecule has 1 fully saturated rings. The van der Waals surface area contributed by atoms with Gasteiger partial charge in [-0.3, -0.25) is 9.59 Å². The number of carbonyl (C=O) groups is 2. The molecule has 0 aliphatic carbocycles. The summed E-state index contributed by atoms with van der Waals surface area (Å²) in [7, 11) is 0. The molecule has 8 nitrogen and oxygen atoms in total. The van der Waals surface area contributed by atoms with Crippen molar-refractivity contribution < 1.29 is 24.9 Å². The minimum Gasteiger partial charge on any atom is -0.388 e. The number of likely N-dealkylation sites (tertiary alicyclic amines) is 1. The number of hydrogen-bond acceptors (Lipinski definition) is 5. The number of halogens is 1. The number of benzene rings is 2. The summed E-state index contributed by atoms with van der Waals surface area (Å²) < 4.78 is 0. The van der Waals surface area contributed by atoms with Gasteiger partial charge in [0.2, 0.25) is 0 Å². The van der Waals surface area contributed by atoms with Crippen LogP contribution in [0.4, 0.5) is 0 Å². The number of amides is 2. The van der Waals surface area contributed by atoms with E-state index in [1.54, 1.807) is 24.3 Å². The molecule has 0 spiro atoms. The van der Waals surface area contributed by atoms with Gasteiger partial charge in [0.05, 0.1) is 18.2 Å². The Kier molecular flexibility index (Phi) is 6.48. The second kappa shape index (κ2) is 9.30. The molecule has 2 amide bonds. The summed E-state index contributed by atoms with van der Waals surface area (Å²) in [6, 6.07) is 15.1. The maximum Gasteiger partial charge on any atom is 0.268 e. The van der Waals surface area contributed by atoms with Crippen molar-refractivity contribution in [2.75, 3.05) is 13.1 Å². The van der Waals surface area contributed by atoms with Crippen LogP contribution in [0.1, 0.15) is 16.1 Å². The highest BCUT2D eigenvalue weighted by atomic mass is 35.5. The average molecular weight is 458 g/mol. The molecule has 32 heavy (non-hydrogen) atoms. The van der Waals surface area contributed by atoms with E-state index < -0.39 is 36.2 Å². The van der Waals surface area contributed by atoms with Crippen molar-refractivity contribution in [3.8, 4) is 0 Å². The Bertz CT molecular complexity index is 1110. The van der Waals surface area contributed by atoms with E-state index >= 15 is 0 Å². The molecule has 2 unspecified atom stereocenters. The number of rotatable bonds is 6. The molecule has 168 valence electrons. The van der Waals surface area contributed by atoms with Crippen molar-refractivity contribution >= 4 is 34.3 Å². The summed E-state index contributed by atoms with van der Waals surface area (Å²) in [6.07, 6.45) is -3.47. The van der Waals surface area contributed by atoms with Gasteiger partial charge in [-0.05, 0) is 36.2 Å². The topological polar surface area (TPSA) is 126 Å². The Labute approximate surface area is 189 Å². The van der Waals surface area contributed by atoms with E-state index in [1.165, 1.54) is 4.90 Å². The lowest BCUT2D eigenvalue weighted by Crippen LogP contribution is -2.52. The number of aliphatic hydroxyl groups excluding tert-OH is 3. The number of aromatic nitrogens is 1. The number of hydrogen-bond donors (Lipinski definition) is 5. The lowest BCUT2D eigenvalue weighted by Gasteiger charge is -2.27. The number of aliphatic hydroxyl groups is 3. The summed E-state index contributed by atoms with van der Waals surface area (Å²) in [5, 5.41) is 34.4. The maximum atomic E-state index is 13.0. The molecule has 2 aromatic carbocycles. The van der Waals surface area contributed by atoms with Crippen molar-refractivity contribution in [3.05, 3.63) is 70.9 Å². The van der Waals surface area contributed by atoms with E-state index in [-0.39, 0.29) is 25.2 Å². The quantitative estimate of drug-likeness (QED) is 0.379. The second-order valence-corrected chi connectivity index (χ2v) is 8.44. The van der Waals surface area contributed by atoms with Crippen molar-refractivity contribution in [1.82, 2.24) is 15.2 Å². The number of H-pyrrole nitrogens is 1. The van der Waals surface area contributed by atoms with E-state index in [0.29, 0.717) is 5.02 Å². The summed E-state index contributed by atoms with van der Waals surface area (Å²) in [5.74, 6) is -1.14. The zero-order valence-corrected chi connectivity index (χ0v) is 17.9. The second-order valence-electron chi connectivity index (χ2n) is 8.01. The van der Waals surface area contributed by atoms with Crippen LogP contribution in [0, 0.1) is 0 Å². The number of fused-ring (bicyclic) bond motifs is 1. The van der Waals surface area contributed by atoms with Gasteiger partial charge in [-0.1, -0.05) is 41.9 Å². The van der Waals surface area contributed by atoms with Crippen molar-refractivity contribution in [1.29, 1.82) is 0 Å². The Hall–Kier alpha value is -2.91. The first-order valence-electron chi connectivity index (χ1n) is 10.3. The minimum atomic E-state index is -1.56. The SMILES string of the molecule is O=C(NC(Cc1ccccc1)C(O)C(=O)N1C[C@@H](O)[C@@H](O)C1)c1cc2cc(Cl)ccc2[nH]1. The third-order valence-corrected chi connectivity index (χ3v) is 5.88. The van der Waals surface area contributed by atoms with E-state index in [0.717, 1.165) is 16.5 Å². The van der Waals surface area contributed by atoms with Crippen LogP contribution < -0.4 is 5.32 Å². The van der Waals surface area contributed by atoms with Crippen LogP contribution in [0.5, 0.6) is 0 Å². The van der Waals surface area contributed by atoms with Gasteiger partial charge in [0, 0.05) is 29.0 Å². The normalized spacial score (nSPS) is 20.3. The molecule has 5 N–H and O–H groups in total. The van der Waals surface area contributed by atoms with Gasteiger partial charge in [0.15, 0.2) is 6.10 Å². The van der Waals surface area contributed by atoms with E-state index in [2.05, 4.69) is 10.3 Å².